The molecule has 0 aliphatic rings. The molecule has 0 aliphatic carbocycles. The van der Waals surface area contributed by atoms with Crippen molar-refractivity contribution in [2.24, 2.45) is 0 Å². The van der Waals surface area contributed by atoms with Crippen LogP contribution in [0, 0.1) is 0 Å². The van der Waals surface area contributed by atoms with Crippen molar-refractivity contribution in [2.75, 3.05) is 26.1 Å². The molecule has 0 saturated heterocycles. The number of hydrogen-bond donors (Lipinski definition) is 2. The summed E-state index contributed by atoms with van der Waals surface area (Å²) in [7, 11) is 3.05. The Labute approximate surface area is 167 Å². The molecule has 0 radical (unpaired) electrons. The SMILES string of the molecule is COc1cccc(/C=C/C(=O)NCC(=O)Nc2cc(Cl)ccc2Cl)c1OC. The molecule has 27 heavy (non-hydrogen) atoms. The van der Waals surface area contributed by atoms with Crippen molar-refractivity contribution >= 4 is 46.8 Å². The van der Waals surface area contributed by atoms with E-state index in [0.29, 0.717) is 32.8 Å². The number of para-hydroxylation sites is 1. The molecule has 0 atom stereocenters. The Balaban J connectivity index is 1.93. The zero-order valence-electron chi connectivity index (χ0n) is 14.7. The van der Waals surface area contributed by atoms with Gasteiger partial charge in [-0.05, 0) is 30.3 Å². The van der Waals surface area contributed by atoms with Gasteiger partial charge >= 0.3 is 0 Å². The average molecular weight is 409 g/mol. The van der Waals surface area contributed by atoms with Gasteiger partial charge in [-0.25, -0.2) is 0 Å². The Morgan fingerprint density at radius 3 is 2.59 bits per heavy atom. The molecule has 0 spiro atoms. The molecule has 0 bridgehead atoms. The highest BCUT2D eigenvalue weighted by Crippen LogP contribution is 2.31. The maximum absolute atomic E-state index is 12.0. The summed E-state index contributed by atoms with van der Waals surface area (Å²) in [5.41, 5.74) is 1.04. The van der Waals surface area contributed by atoms with E-state index in [1.165, 1.54) is 26.4 Å². The molecule has 2 N–H and O–H groups in total. The number of methoxy groups -OCH3 is 2. The number of ether oxygens (including phenoxy) is 2. The van der Waals surface area contributed by atoms with E-state index in [1.54, 1.807) is 36.4 Å². The fourth-order valence-corrected chi connectivity index (χ4v) is 2.56. The van der Waals surface area contributed by atoms with E-state index in [-0.39, 0.29) is 6.54 Å². The van der Waals surface area contributed by atoms with E-state index in [4.69, 9.17) is 32.7 Å². The van der Waals surface area contributed by atoms with Crippen molar-refractivity contribution in [1.82, 2.24) is 5.32 Å². The van der Waals surface area contributed by atoms with Crippen molar-refractivity contribution in [1.29, 1.82) is 0 Å². The van der Waals surface area contributed by atoms with Gasteiger partial charge in [0.2, 0.25) is 11.8 Å². The molecule has 0 aromatic heterocycles. The van der Waals surface area contributed by atoms with Crippen molar-refractivity contribution in [3.05, 3.63) is 58.1 Å². The quantitative estimate of drug-likeness (QED) is 0.683. The topological polar surface area (TPSA) is 76.7 Å². The highest BCUT2D eigenvalue weighted by atomic mass is 35.5. The zero-order valence-corrected chi connectivity index (χ0v) is 16.2. The van der Waals surface area contributed by atoms with Crippen molar-refractivity contribution in [3.63, 3.8) is 0 Å². The Kier molecular flexibility index (Phi) is 7.52. The standard InChI is InChI=1S/C19H18Cl2N2O4/c1-26-16-5-3-4-12(19(16)27-2)6-9-17(24)22-11-18(25)23-15-10-13(20)7-8-14(15)21/h3-10H,11H2,1-2H3,(H,22,24)(H,23,25)/b9-6+. The summed E-state index contributed by atoms with van der Waals surface area (Å²) in [6.45, 7) is -0.221. The van der Waals surface area contributed by atoms with Gasteiger partial charge in [0, 0.05) is 16.7 Å². The van der Waals surface area contributed by atoms with E-state index in [1.807, 2.05) is 0 Å². The van der Waals surface area contributed by atoms with Gasteiger partial charge in [0.05, 0.1) is 31.5 Å². The maximum atomic E-state index is 12.0. The normalized spacial score (nSPS) is 10.5. The minimum Gasteiger partial charge on any atom is -0.493 e. The van der Waals surface area contributed by atoms with Crippen LogP contribution in [0.1, 0.15) is 5.56 Å². The van der Waals surface area contributed by atoms with Crippen LogP contribution in [-0.2, 0) is 9.59 Å². The van der Waals surface area contributed by atoms with Crippen LogP contribution >= 0.6 is 23.2 Å². The van der Waals surface area contributed by atoms with Crippen LogP contribution in [0.5, 0.6) is 11.5 Å². The van der Waals surface area contributed by atoms with Gasteiger partial charge in [-0.2, -0.15) is 0 Å². The van der Waals surface area contributed by atoms with Gasteiger partial charge in [0.25, 0.3) is 0 Å². The number of halogens is 2. The highest BCUT2D eigenvalue weighted by Gasteiger charge is 2.09. The van der Waals surface area contributed by atoms with Gasteiger partial charge in [-0.1, -0.05) is 35.3 Å². The summed E-state index contributed by atoms with van der Waals surface area (Å²) in [6, 6.07) is 10.0. The Bertz CT molecular complexity index is 869. The molecule has 0 fully saturated rings. The molecule has 2 aromatic carbocycles. The lowest BCUT2D eigenvalue weighted by Gasteiger charge is -2.10. The third-order valence-corrected chi connectivity index (χ3v) is 4.04. The fraction of sp³-hybridized carbons (Fsp3) is 0.158. The smallest absolute Gasteiger partial charge is 0.244 e. The second-order valence-corrected chi connectivity index (χ2v) is 6.15. The van der Waals surface area contributed by atoms with E-state index in [9.17, 15) is 9.59 Å². The summed E-state index contributed by atoms with van der Waals surface area (Å²) in [6.07, 6.45) is 2.87. The van der Waals surface area contributed by atoms with Crippen molar-refractivity contribution in [2.45, 2.75) is 0 Å². The Hall–Kier alpha value is -2.70. The predicted molar refractivity (Wildman–Crippen MR) is 107 cm³/mol. The summed E-state index contributed by atoms with van der Waals surface area (Å²) in [5, 5.41) is 5.86. The zero-order chi connectivity index (χ0) is 19.8. The number of hydrogen-bond acceptors (Lipinski definition) is 4. The number of anilines is 1. The largest absolute Gasteiger partial charge is 0.493 e. The van der Waals surface area contributed by atoms with Crippen LogP contribution in [0.2, 0.25) is 10.0 Å². The summed E-state index contributed by atoms with van der Waals surface area (Å²) < 4.78 is 10.5. The first-order chi connectivity index (χ1) is 12.9. The first kappa shape index (κ1) is 20.6. The van der Waals surface area contributed by atoms with Crippen LogP contribution in [-0.4, -0.2) is 32.6 Å². The predicted octanol–water partition coefficient (Wildman–Crippen LogP) is 3.78. The number of carbonyl (C=O) groups excluding carboxylic acids is 2. The van der Waals surface area contributed by atoms with Gasteiger partial charge in [0.1, 0.15) is 0 Å². The van der Waals surface area contributed by atoms with E-state index < -0.39 is 11.8 Å². The second kappa shape index (κ2) is 9.85. The van der Waals surface area contributed by atoms with E-state index in [2.05, 4.69) is 10.6 Å². The summed E-state index contributed by atoms with van der Waals surface area (Å²) >= 11 is 11.8. The molecule has 2 aromatic rings. The van der Waals surface area contributed by atoms with Gasteiger partial charge in [-0.15, -0.1) is 0 Å². The molecule has 2 rings (SSSR count). The van der Waals surface area contributed by atoms with Crippen LogP contribution < -0.4 is 20.1 Å². The van der Waals surface area contributed by atoms with Crippen molar-refractivity contribution < 1.29 is 19.1 Å². The van der Waals surface area contributed by atoms with Gasteiger partial charge < -0.3 is 20.1 Å². The molecule has 0 saturated carbocycles. The van der Waals surface area contributed by atoms with Crippen LogP contribution in [0.4, 0.5) is 5.69 Å². The second-order valence-electron chi connectivity index (χ2n) is 5.31. The molecule has 6 nitrogen and oxygen atoms in total. The lowest BCUT2D eigenvalue weighted by atomic mass is 10.1. The third kappa shape index (κ3) is 5.91. The molecule has 0 unspecified atom stereocenters. The molecular formula is C19H18Cl2N2O4. The molecular weight excluding hydrogens is 391 g/mol. The van der Waals surface area contributed by atoms with Crippen LogP contribution in [0.15, 0.2) is 42.5 Å². The minimum atomic E-state index is -0.438. The van der Waals surface area contributed by atoms with Gasteiger partial charge in [0.15, 0.2) is 11.5 Å². The fourth-order valence-electron chi connectivity index (χ4n) is 2.22. The molecule has 142 valence electrons. The Morgan fingerprint density at radius 1 is 1.11 bits per heavy atom. The highest BCUT2D eigenvalue weighted by molar-refractivity contribution is 6.35. The van der Waals surface area contributed by atoms with Gasteiger partial charge in [-0.3, -0.25) is 9.59 Å². The van der Waals surface area contributed by atoms with E-state index >= 15 is 0 Å². The van der Waals surface area contributed by atoms with Crippen molar-refractivity contribution in [3.8, 4) is 11.5 Å². The molecule has 0 heterocycles. The first-order valence-electron chi connectivity index (χ1n) is 7.86. The third-order valence-electron chi connectivity index (χ3n) is 3.47. The lowest BCUT2D eigenvalue weighted by Crippen LogP contribution is -2.31. The molecule has 0 aliphatic heterocycles. The van der Waals surface area contributed by atoms with Crippen LogP contribution in [0.25, 0.3) is 6.08 Å². The van der Waals surface area contributed by atoms with Crippen LogP contribution in [0.3, 0.4) is 0 Å². The number of carbonyl (C=O) groups is 2. The van der Waals surface area contributed by atoms with E-state index in [0.717, 1.165) is 0 Å². The summed E-state index contributed by atoms with van der Waals surface area (Å²) in [4.78, 5) is 23.9. The number of nitrogens with one attached hydrogen (secondary N) is 2. The molecule has 8 heteroatoms. The number of benzene rings is 2. The number of amides is 2. The average Bonchev–Trinajstić information content (AvgIpc) is 2.67. The monoisotopic (exact) mass is 408 g/mol. The maximum Gasteiger partial charge on any atom is 0.244 e. The first-order valence-corrected chi connectivity index (χ1v) is 8.62. The lowest BCUT2D eigenvalue weighted by molar-refractivity contribution is -0.121. The Morgan fingerprint density at radius 2 is 1.89 bits per heavy atom. The minimum absolute atomic E-state index is 0.221. The molecule has 2 amide bonds. The summed E-state index contributed by atoms with van der Waals surface area (Å²) in [5.74, 6) is 0.197. The number of rotatable bonds is 7.